The Labute approximate surface area is 97.1 Å². The Bertz CT molecular complexity index is 321. The molecule has 0 aromatic heterocycles. The van der Waals surface area contributed by atoms with Crippen LogP contribution < -0.4 is 0 Å². The average molecular weight is 222 g/mol. The van der Waals surface area contributed by atoms with Crippen molar-refractivity contribution in [1.29, 1.82) is 0 Å². The summed E-state index contributed by atoms with van der Waals surface area (Å²) in [5.41, 5.74) is -0.472. The molecule has 0 heterocycles. The van der Waals surface area contributed by atoms with Gasteiger partial charge in [-0.05, 0) is 31.8 Å². The number of allylic oxidation sites excluding steroid dienone is 2. The van der Waals surface area contributed by atoms with Gasteiger partial charge in [-0.15, -0.1) is 0 Å². The van der Waals surface area contributed by atoms with Crippen molar-refractivity contribution in [2.24, 2.45) is 5.41 Å². The minimum Gasteiger partial charge on any atom is -0.298 e. The van der Waals surface area contributed by atoms with Crippen LogP contribution >= 0.6 is 0 Å². The van der Waals surface area contributed by atoms with Gasteiger partial charge < -0.3 is 0 Å². The first-order valence-electron chi connectivity index (χ1n) is 6.02. The van der Waals surface area contributed by atoms with E-state index >= 15 is 0 Å². The second kappa shape index (κ2) is 6.48. The average Bonchev–Trinajstić information content (AvgIpc) is 2.31. The summed E-state index contributed by atoms with van der Waals surface area (Å²) in [5.74, 6) is 6.18. The Morgan fingerprint density at radius 3 is 2.88 bits per heavy atom. The molecule has 1 aliphatic rings. The zero-order valence-corrected chi connectivity index (χ0v) is 9.89. The van der Waals surface area contributed by atoms with E-state index in [1.54, 1.807) is 0 Å². The number of carbonyl (C=O) groups is 1. The molecule has 1 atom stereocenters. The summed E-state index contributed by atoms with van der Waals surface area (Å²) in [6.07, 6.45) is 7.87. The molecule has 1 nitrogen and oxygen atoms in total. The fourth-order valence-electron chi connectivity index (χ4n) is 2.08. The van der Waals surface area contributed by atoms with Crippen LogP contribution in [0.15, 0.2) is 12.2 Å². The van der Waals surface area contributed by atoms with Crippen LogP contribution in [0.2, 0.25) is 0 Å². The summed E-state index contributed by atoms with van der Waals surface area (Å²) in [5, 5.41) is 0. The number of carbonyl (C=O) groups excluding carboxylic acids is 1. The molecule has 0 saturated carbocycles. The van der Waals surface area contributed by atoms with E-state index in [0.29, 0.717) is 19.3 Å². The minimum absolute atomic E-state index is 0.194. The molecule has 0 amide bonds. The molecule has 0 radical (unpaired) electrons. The number of unbranched alkanes of at least 4 members (excludes halogenated alkanes) is 1. The summed E-state index contributed by atoms with van der Waals surface area (Å²) < 4.78 is 12.0. The van der Waals surface area contributed by atoms with Gasteiger partial charge in [0.2, 0.25) is 0 Å². The number of hydrogen-bond donors (Lipinski definition) is 0. The van der Waals surface area contributed by atoms with Crippen LogP contribution in [0.5, 0.6) is 0 Å². The molecule has 1 aliphatic carbocycles. The summed E-state index contributed by atoms with van der Waals surface area (Å²) in [4.78, 5) is 12.1. The van der Waals surface area contributed by atoms with Gasteiger partial charge in [0.05, 0.1) is 12.1 Å². The summed E-state index contributed by atoms with van der Waals surface area (Å²) in [6.45, 7) is 1.73. The summed E-state index contributed by atoms with van der Waals surface area (Å²) in [6, 6.07) is 0. The van der Waals surface area contributed by atoms with E-state index in [-0.39, 0.29) is 12.5 Å². The predicted molar refractivity (Wildman–Crippen MR) is 63.7 cm³/mol. The maximum Gasteiger partial charge on any atom is 0.151 e. The van der Waals surface area contributed by atoms with Gasteiger partial charge >= 0.3 is 0 Å². The lowest BCUT2D eigenvalue weighted by molar-refractivity contribution is -0.126. The van der Waals surface area contributed by atoms with Crippen molar-refractivity contribution in [3.05, 3.63) is 12.2 Å². The first-order valence-corrected chi connectivity index (χ1v) is 6.02. The second-order valence-corrected chi connectivity index (χ2v) is 4.28. The lowest BCUT2D eigenvalue weighted by Gasteiger charge is -2.26. The first kappa shape index (κ1) is 13.0. The van der Waals surface area contributed by atoms with E-state index in [4.69, 9.17) is 0 Å². The topological polar surface area (TPSA) is 17.1 Å². The molecule has 0 aromatic rings. The van der Waals surface area contributed by atoms with Crippen molar-refractivity contribution < 1.29 is 9.18 Å². The van der Waals surface area contributed by atoms with Crippen LogP contribution in [0.1, 0.15) is 45.4 Å². The van der Waals surface area contributed by atoms with Gasteiger partial charge in [0.15, 0.2) is 5.78 Å². The van der Waals surface area contributed by atoms with Crippen molar-refractivity contribution in [3.63, 3.8) is 0 Å². The third kappa shape index (κ3) is 3.20. The van der Waals surface area contributed by atoms with E-state index in [1.165, 1.54) is 0 Å². The molecule has 16 heavy (non-hydrogen) atoms. The highest BCUT2D eigenvalue weighted by Gasteiger charge is 2.34. The van der Waals surface area contributed by atoms with Crippen LogP contribution in [-0.4, -0.2) is 12.5 Å². The Morgan fingerprint density at radius 2 is 2.31 bits per heavy atom. The predicted octanol–water partition coefficient (Wildman–Crippen LogP) is 3.45. The minimum atomic E-state index is -0.472. The number of hydrogen-bond acceptors (Lipinski definition) is 1. The Hall–Kier alpha value is -1.10. The van der Waals surface area contributed by atoms with E-state index < -0.39 is 5.41 Å². The zero-order valence-electron chi connectivity index (χ0n) is 9.89. The zero-order chi connectivity index (χ0) is 11.9. The highest BCUT2D eigenvalue weighted by atomic mass is 19.1. The molecule has 1 unspecified atom stereocenters. The van der Waals surface area contributed by atoms with Crippen molar-refractivity contribution >= 4 is 5.78 Å². The Morgan fingerprint density at radius 1 is 1.50 bits per heavy atom. The SMILES string of the molecule is CCCC1(C(=O)CCCCF)C#CC=CC1. The van der Waals surface area contributed by atoms with Crippen LogP contribution in [0.3, 0.4) is 0 Å². The van der Waals surface area contributed by atoms with Crippen LogP contribution in [0.25, 0.3) is 0 Å². The monoisotopic (exact) mass is 222 g/mol. The van der Waals surface area contributed by atoms with Crippen molar-refractivity contribution in [3.8, 4) is 11.8 Å². The molecule has 0 aromatic carbocycles. The highest BCUT2D eigenvalue weighted by Crippen LogP contribution is 2.32. The number of ketones is 1. The molecule has 0 N–H and O–H groups in total. The van der Waals surface area contributed by atoms with Gasteiger partial charge in [-0.1, -0.05) is 31.3 Å². The third-order valence-electron chi connectivity index (χ3n) is 2.98. The number of Topliss-reactive ketones (excluding diaryl/α,β-unsaturated/α-hetero) is 1. The molecule has 0 fully saturated rings. The van der Waals surface area contributed by atoms with Gasteiger partial charge in [-0.3, -0.25) is 9.18 Å². The molecule has 88 valence electrons. The number of alkyl halides is 1. The van der Waals surface area contributed by atoms with E-state index in [9.17, 15) is 9.18 Å². The highest BCUT2D eigenvalue weighted by molar-refractivity contribution is 5.88. The van der Waals surface area contributed by atoms with Crippen molar-refractivity contribution in [1.82, 2.24) is 0 Å². The standard InChI is InChI=1S/C14H19FO/c1-2-9-14(10-5-3-6-11-14)13(16)8-4-7-12-15/h3,5H,2,4,7-10,12H2,1H3. The van der Waals surface area contributed by atoms with E-state index in [0.717, 1.165) is 19.3 Å². The van der Waals surface area contributed by atoms with Crippen molar-refractivity contribution in [2.75, 3.05) is 6.67 Å². The maximum atomic E-state index is 12.1. The van der Waals surface area contributed by atoms with Gasteiger partial charge in [0.1, 0.15) is 0 Å². The lowest BCUT2D eigenvalue weighted by atomic mass is 9.74. The lowest BCUT2D eigenvalue weighted by Crippen LogP contribution is -2.30. The molecule has 1 rings (SSSR count). The van der Waals surface area contributed by atoms with E-state index in [1.807, 2.05) is 12.2 Å². The van der Waals surface area contributed by atoms with Gasteiger partial charge in [-0.25, -0.2) is 0 Å². The van der Waals surface area contributed by atoms with Gasteiger partial charge in [0.25, 0.3) is 0 Å². The molecule has 0 aliphatic heterocycles. The fraction of sp³-hybridized carbons (Fsp3) is 0.643. The second-order valence-electron chi connectivity index (χ2n) is 4.28. The molecule has 2 heteroatoms. The summed E-state index contributed by atoms with van der Waals surface area (Å²) >= 11 is 0. The van der Waals surface area contributed by atoms with Crippen molar-refractivity contribution in [2.45, 2.75) is 45.4 Å². The molecule has 0 saturated heterocycles. The Balaban J connectivity index is 2.61. The maximum absolute atomic E-state index is 12.1. The number of halogens is 1. The molecule has 0 spiro atoms. The van der Waals surface area contributed by atoms with Gasteiger partial charge in [0, 0.05) is 6.42 Å². The van der Waals surface area contributed by atoms with Crippen LogP contribution in [-0.2, 0) is 4.79 Å². The molecular formula is C14H19FO. The number of rotatable bonds is 7. The van der Waals surface area contributed by atoms with E-state index in [2.05, 4.69) is 18.8 Å². The third-order valence-corrected chi connectivity index (χ3v) is 2.98. The fourth-order valence-corrected chi connectivity index (χ4v) is 2.08. The quantitative estimate of drug-likeness (QED) is 0.476. The molecular weight excluding hydrogens is 203 g/mol. The van der Waals surface area contributed by atoms with Crippen LogP contribution in [0.4, 0.5) is 4.39 Å². The Kier molecular flexibility index (Phi) is 5.25. The largest absolute Gasteiger partial charge is 0.298 e. The smallest absolute Gasteiger partial charge is 0.151 e. The first-order chi connectivity index (χ1) is 7.75. The van der Waals surface area contributed by atoms with Gasteiger partial charge in [-0.2, -0.15) is 0 Å². The van der Waals surface area contributed by atoms with Crippen LogP contribution in [0, 0.1) is 17.3 Å². The summed E-state index contributed by atoms with van der Waals surface area (Å²) in [7, 11) is 0. The molecule has 0 bridgehead atoms. The normalized spacial score (nSPS) is 22.6.